The van der Waals surface area contributed by atoms with Gasteiger partial charge in [-0.25, -0.2) is 4.98 Å². The van der Waals surface area contributed by atoms with E-state index in [2.05, 4.69) is 16.6 Å². The summed E-state index contributed by atoms with van der Waals surface area (Å²) in [5.41, 5.74) is 5.86. The second-order valence-corrected chi connectivity index (χ2v) is 5.10. The van der Waals surface area contributed by atoms with Crippen LogP contribution >= 0.6 is 23.1 Å². The number of nitrogens with two attached hydrogens (primary N) is 1. The molecule has 0 aliphatic rings. The summed E-state index contributed by atoms with van der Waals surface area (Å²) >= 11 is 3.05. The fourth-order valence-electron chi connectivity index (χ4n) is 1.06. The summed E-state index contributed by atoms with van der Waals surface area (Å²) in [5.74, 6) is 0.900. The third kappa shape index (κ3) is 4.09. The lowest BCUT2D eigenvalue weighted by atomic mass is 10.2. The van der Waals surface area contributed by atoms with Crippen LogP contribution in [0.5, 0.6) is 0 Å². The Hall–Kier alpha value is -0.750. The number of nitrogens with one attached hydrogen (secondary N) is 1. The molecule has 1 rings (SSSR count). The largest absolute Gasteiger partial charge is 0.375 e. The number of rotatable bonds is 5. The van der Waals surface area contributed by atoms with Crippen LogP contribution in [0.15, 0.2) is 5.38 Å². The van der Waals surface area contributed by atoms with Gasteiger partial charge in [0.15, 0.2) is 5.13 Å². The maximum atomic E-state index is 11.6. The molecule has 0 saturated heterocycles. The number of nitrogen functional groups attached to an aromatic ring is 1. The zero-order chi connectivity index (χ0) is 11.3. The number of carbonyl (C=O) groups excluding carboxylic acids is 1. The summed E-state index contributed by atoms with van der Waals surface area (Å²) in [6, 6.07) is 0.174. The van der Waals surface area contributed by atoms with Crippen LogP contribution < -0.4 is 11.1 Å². The first-order chi connectivity index (χ1) is 7.13. The molecule has 6 heteroatoms. The van der Waals surface area contributed by atoms with Crippen molar-refractivity contribution < 1.29 is 4.79 Å². The smallest absolute Gasteiger partial charge is 0.271 e. The Kier molecular flexibility index (Phi) is 4.90. The molecule has 1 aromatic heterocycles. The number of anilines is 1. The highest BCUT2D eigenvalue weighted by Gasteiger charge is 2.12. The second kappa shape index (κ2) is 5.97. The highest BCUT2D eigenvalue weighted by Crippen LogP contribution is 2.11. The molecule has 0 spiro atoms. The van der Waals surface area contributed by atoms with Crippen LogP contribution in [0.2, 0.25) is 0 Å². The topological polar surface area (TPSA) is 68.0 Å². The van der Waals surface area contributed by atoms with Gasteiger partial charge in [0, 0.05) is 11.4 Å². The first-order valence-corrected chi connectivity index (χ1v) is 6.91. The van der Waals surface area contributed by atoms with Gasteiger partial charge in [-0.3, -0.25) is 4.79 Å². The van der Waals surface area contributed by atoms with Crippen molar-refractivity contribution in [3.63, 3.8) is 0 Å². The predicted octanol–water partition coefficient (Wildman–Crippen LogP) is 1.60. The van der Waals surface area contributed by atoms with Gasteiger partial charge in [-0.2, -0.15) is 11.8 Å². The lowest BCUT2D eigenvalue weighted by Crippen LogP contribution is -2.33. The zero-order valence-corrected chi connectivity index (χ0v) is 10.5. The molecule has 1 aromatic rings. The minimum Gasteiger partial charge on any atom is -0.375 e. The van der Waals surface area contributed by atoms with E-state index in [1.54, 1.807) is 17.1 Å². The molecule has 1 amide bonds. The zero-order valence-electron chi connectivity index (χ0n) is 8.82. The number of thioether (sulfide) groups is 1. The number of aromatic nitrogens is 1. The van der Waals surface area contributed by atoms with Crippen molar-refractivity contribution in [1.29, 1.82) is 0 Å². The maximum absolute atomic E-state index is 11.6. The Labute approximate surface area is 97.7 Å². The van der Waals surface area contributed by atoms with E-state index in [0.717, 1.165) is 12.2 Å². The molecular formula is C9H15N3OS2. The minimum absolute atomic E-state index is 0.142. The van der Waals surface area contributed by atoms with Crippen LogP contribution in [0, 0.1) is 0 Å². The van der Waals surface area contributed by atoms with E-state index in [9.17, 15) is 4.79 Å². The fourth-order valence-corrected chi connectivity index (χ4v) is 2.19. The average Bonchev–Trinajstić information content (AvgIpc) is 2.61. The number of carbonyl (C=O) groups is 1. The van der Waals surface area contributed by atoms with Gasteiger partial charge in [0.2, 0.25) is 0 Å². The fraction of sp³-hybridized carbons (Fsp3) is 0.556. The van der Waals surface area contributed by atoms with E-state index in [-0.39, 0.29) is 11.9 Å². The first kappa shape index (κ1) is 12.3. The Balaban J connectivity index is 2.42. The van der Waals surface area contributed by atoms with Crippen molar-refractivity contribution in [3.8, 4) is 0 Å². The van der Waals surface area contributed by atoms with E-state index >= 15 is 0 Å². The second-order valence-electron chi connectivity index (χ2n) is 3.23. The van der Waals surface area contributed by atoms with E-state index in [1.165, 1.54) is 11.3 Å². The van der Waals surface area contributed by atoms with E-state index in [1.807, 2.05) is 6.92 Å². The third-order valence-electron chi connectivity index (χ3n) is 1.89. The van der Waals surface area contributed by atoms with Gasteiger partial charge in [0.05, 0.1) is 0 Å². The van der Waals surface area contributed by atoms with Crippen molar-refractivity contribution >= 4 is 34.1 Å². The molecule has 0 aliphatic carbocycles. The van der Waals surface area contributed by atoms with Crippen molar-refractivity contribution in [2.45, 2.75) is 19.4 Å². The third-order valence-corrected chi connectivity index (χ3v) is 3.20. The number of nitrogens with zero attached hydrogens (tertiary/aromatic N) is 1. The Morgan fingerprint density at radius 1 is 1.80 bits per heavy atom. The van der Waals surface area contributed by atoms with E-state index < -0.39 is 0 Å². The highest BCUT2D eigenvalue weighted by molar-refractivity contribution is 7.98. The molecule has 0 fully saturated rings. The summed E-state index contributed by atoms with van der Waals surface area (Å²) in [4.78, 5) is 15.5. The quantitative estimate of drug-likeness (QED) is 0.826. The summed E-state index contributed by atoms with van der Waals surface area (Å²) in [5, 5.41) is 4.98. The van der Waals surface area contributed by atoms with Crippen LogP contribution in [0.25, 0.3) is 0 Å². The molecule has 0 bridgehead atoms. The summed E-state index contributed by atoms with van der Waals surface area (Å²) in [7, 11) is 0. The standard InChI is InChI=1S/C9H15N3OS2/c1-6(3-4-14-2)11-8(13)7-5-15-9(10)12-7/h5-6H,3-4H2,1-2H3,(H2,10,12)(H,11,13). The Bertz CT molecular complexity index is 327. The van der Waals surface area contributed by atoms with Crippen LogP contribution in [-0.2, 0) is 0 Å². The lowest BCUT2D eigenvalue weighted by molar-refractivity contribution is 0.0935. The predicted molar refractivity (Wildman–Crippen MR) is 66.5 cm³/mol. The minimum atomic E-state index is -0.142. The summed E-state index contributed by atoms with van der Waals surface area (Å²) < 4.78 is 0. The van der Waals surface area contributed by atoms with Crippen LogP contribution in [0.1, 0.15) is 23.8 Å². The van der Waals surface area contributed by atoms with Crippen molar-refractivity contribution in [3.05, 3.63) is 11.1 Å². The molecule has 4 nitrogen and oxygen atoms in total. The Morgan fingerprint density at radius 3 is 3.07 bits per heavy atom. The molecule has 0 aromatic carbocycles. The van der Waals surface area contributed by atoms with E-state index in [0.29, 0.717) is 10.8 Å². The molecular weight excluding hydrogens is 230 g/mol. The van der Waals surface area contributed by atoms with Crippen molar-refractivity contribution in [2.75, 3.05) is 17.7 Å². The molecule has 15 heavy (non-hydrogen) atoms. The highest BCUT2D eigenvalue weighted by atomic mass is 32.2. The molecule has 0 radical (unpaired) electrons. The molecule has 1 heterocycles. The number of thiazole rings is 1. The van der Waals surface area contributed by atoms with Crippen LogP contribution in [0.4, 0.5) is 5.13 Å². The molecule has 0 saturated carbocycles. The van der Waals surface area contributed by atoms with Crippen molar-refractivity contribution in [2.24, 2.45) is 0 Å². The Morgan fingerprint density at radius 2 is 2.53 bits per heavy atom. The van der Waals surface area contributed by atoms with Gasteiger partial charge in [0.25, 0.3) is 5.91 Å². The van der Waals surface area contributed by atoms with Gasteiger partial charge in [-0.15, -0.1) is 11.3 Å². The number of hydrogen-bond donors (Lipinski definition) is 2. The van der Waals surface area contributed by atoms with Gasteiger partial charge in [-0.1, -0.05) is 0 Å². The van der Waals surface area contributed by atoms with Crippen molar-refractivity contribution in [1.82, 2.24) is 10.3 Å². The van der Waals surface area contributed by atoms with Crippen LogP contribution in [0.3, 0.4) is 0 Å². The average molecular weight is 245 g/mol. The van der Waals surface area contributed by atoms with Gasteiger partial charge in [-0.05, 0) is 25.4 Å². The monoisotopic (exact) mass is 245 g/mol. The van der Waals surface area contributed by atoms with Gasteiger partial charge < -0.3 is 11.1 Å². The first-order valence-electron chi connectivity index (χ1n) is 4.64. The normalized spacial score (nSPS) is 12.4. The molecule has 84 valence electrons. The van der Waals surface area contributed by atoms with Gasteiger partial charge >= 0.3 is 0 Å². The summed E-state index contributed by atoms with van der Waals surface area (Å²) in [6.07, 6.45) is 3.02. The maximum Gasteiger partial charge on any atom is 0.271 e. The molecule has 1 unspecified atom stereocenters. The molecule has 3 N–H and O–H groups in total. The number of hydrogen-bond acceptors (Lipinski definition) is 5. The lowest BCUT2D eigenvalue weighted by Gasteiger charge is -2.11. The summed E-state index contributed by atoms with van der Waals surface area (Å²) in [6.45, 7) is 1.99. The van der Waals surface area contributed by atoms with E-state index in [4.69, 9.17) is 5.73 Å². The molecule has 0 aliphatic heterocycles. The SMILES string of the molecule is CSCCC(C)NC(=O)c1csc(N)n1. The van der Waals surface area contributed by atoms with Crippen LogP contribution in [-0.4, -0.2) is 28.9 Å². The van der Waals surface area contributed by atoms with Gasteiger partial charge in [0.1, 0.15) is 5.69 Å². The molecule has 1 atom stereocenters. The number of amides is 1.